The highest BCUT2D eigenvalue weighted by molar-refractivity contribution is 5.97. The third-order valence-electron chi connectivity index (χ3n) is 2.51. The summed E-state index contributed by atoms with van der Waals surface area (Å²) in [6.07, 6.45) is 3.35. The first-order valence-corrected chi connectivity index (χ1v) is 5.68. The molecule has 2 aromatic rings. The molecule has 0 unspecified atom stereocenters. The zero-order valence-electron chi connectivity index (χ0n) is 10.3. The van der Waals surface area contributed by atoms with Crippen molar-refractivity contribution in [1.82, 2.24) is 9.78 Å². The van der Waals surface area contributed by atoms with Crippen LogP contribution in [0.2, 0.25) is 0 Å². The maximum absolute atomic E-state index is 13.5. The Morgan fingerprint density at radius 3 is 2.84 bits per heavy atom. The number of ether oxygens (including phenoxy) is 1. The summed E-state index contributed by atoms with van der Waals surface area (Å²) in [5.41, 5.74) is -0.234. The first-order valence-electron chi connectivity index (χ1n) is 5.68. The van der Waals surface area contributed by atoms with Gasteiger partial charge in [0.05, 0.1) is 12.1 Å². The molecule has 0 aliphatic rings. The molecule has 0 saturated heterocycles. The van der Waals surface area contributed by atoms with E-state index < -0.39 is 17.4 Å². The van der Waals surface area contributed by atoms with Gasteiger partial charge in [-0.1, -0.05) is 0 Å². The molecule has 0 aliphatic carbocycles. The minimum Gasteiger partial charge on any atom is -0.491 e. The highest BCUT2D eigenvalue weighted by Gasteiger charge is 2.16. The Morgan fingerprint density at radius 2 is 2.21 bits per heavy atom. The molecule has 2 rings (SSSR count). The highest BCUT2D eigenvalue weighted by atomic mass is 19.1. The largest absolute Gasteiger partial charge is 0.491 e. The zero-order chi connectivity index (χ0) is 13.8. The zero-order valence-corrected chi connectivity index (χ0v) is 10.3. The Bertz CT molecular complexity index is 583. The van der Waals surface area contributed by atoms with Crippen LogP contribution < -0.4 is 4.74 Å². The van der Waals surface area contributed by atoms with Crippen LogP contribution in [0, 0.1) is 11.6 Å². The summed E-state index contributed by atoms with van der Waals surface area (Å²) in [7, 11) is 0. The molecule has 0 fully saturated rings. The highest BCUT2D eigenvalue weighted by Crippen LogP contribution is 2.24. The Hall–Kier alpha value is -2.24. The minimum atomic E-state index is -0.915. The Kier molecular flexibility index (Phi) is 3.89. The summed E-state index contributed by atoms with van der Waals surface area (Å²) in [4.78, 5) is 11.3. The van der Waals surface area contributed by atoms with Gasteiger partial charge in [0.1, 0.15) is 24.0 Å². The fourth-order valence-electron chi connectivity index (χ4n) is 1.69. The molecular weight excluding hydrogens is 254 g/mol. The number of carbonyl (C=O) groups is 1. The summed E-state index contributed by atoms with van der Waals surface area (Å²) in [6.45, 7) is 1.78. The van der Waals surface area contributed by atoms with Gasteiger partial charge in [-0.2, -0.15) is 5.10 Å². The van der Waals surface area contributed by atoms with Crippen molar-refractivity contribution in [3.8, 4) is 5.75 Å². The van der Waals surface area contributed by atoms with E-state index in [9.17, 15) is 13.6 Å². The van der Waals surface area contributed by atoms with E-state index in [1.165, 1.54) is 6.92 Å². The van der Waals surface area contributed by atoms with E-state index in [1.54, 1.807) is 23.1 Å². The minimum absolute atomic E-state index is 0.0860. The molecule has 1 aromatic carbocycles. The maximum atomic E-state index is 13.5. The monoisotopic (exact) mass is 266 g/mol. The quantitative estimate of drug-likeness (QED) is 0.781. The van der Waals surface area contributed by atoms with Crippen molar-refractivity contribution in [3.05, 3.63) is 47.8 Å². The van der Waals surface area contributed by atoms with Gasteiger partial charge in [-0.25, -0.2) is 8.78 Å². The standard InChI is InChI=1S/C13H12F2N2O2/c1-9(18)13-11(15)7-10(14)8-12(13)19-6-5-17-4-2-3-16-17/h2-4,7-8H,5-6H2,1H3. The van der Waals surface area contributed by atoms with Crippen LogP contribution >= 0.6 is 0 Å². The molecule has 1 heterocycles. The molecule has 19 heavy (non-hydrogen) atoms. The molecule has 0 aliphatic heterocycles. The predicted octanol–water partition coefficient (Wildman–Crippen LogP) is 2.44. The number of hydrogen-bond acceptors (Lipinski definition) is 3. The summed E-state index contributed by atoms with van der Waals surface area (Å²) < 4.78 is 33.5. The fraction of sp³-hybridized carbons (Fsp3) is 0.231. The van der Waals surface area contributed by atoms with Crippen LogP contribution in [0.1, 0.15) is 17.3 Å². The Morgan fingerprint density at radius 1 is 1.42 bits per heavy atom. The predicted molar refractivity (Wildman–Crippen MR) is 64.1 cm³/mol. The average molecular weight is 266 g/mol. The molecule has 0 N–H and O–H groups in total. The molecule has 0 saturated carbocycles. The first-order chi connectivity index (χ1) is 9.08. The van der Waals surface area contributed by atoms with Gasteiger partial charge in [0.2, 0.25) is 0 Å². The van der Waals surface area contributed by atoms with Crippen LogP contribution in [-0.4, -0.2) is 22.2 Å². The number of ketones is 1. The lowest BCUT2D eigenvalue weighted by atomic mass is 10.1. The number of Topliss-reactive ketones (excluding diaryl/α,β-unsaturated/α-hetero) is 1. The lowest BCUT2D eigenvalue weighted by Crippen LogP contribution is -2.11. The third-order valence-corrected chi connectivity index (χ3v) is 2.51. The second-order valence-corrected chi connectivity index (χ2v) is 3.93. The van der Waals surface area contributed by atoms with Crippen molar-refractivity contribution in [2.75, 3.05) is 6.61 Å². The van der Waals surface area contributed by atoms with E-state index >= 15 is 0 Å². The number of halogens is 2. The van der Waals surface area contributed by atoms with Crippen LogP contribution in [0.4, 0.5) is 8.78 Å². The summed E-state index contributed by atoms with van der Waals surface area (Å²) in [5, 5.41) is 3.96. The molecule has 0 radical (unpaired) electrons. The van der Waals surface area contributed by atoms with Gasteiger partial charge in [0.15, 0.2) is 5.78 Å². The van der Waals surface area contributed by atoms with Crippen molar-refractivity contribution in [2.45, 2.75) is 13.5 Å². The molecular formula is C13H12F2N2O2. The lowest BCUT2D eigenvalue weighted by molar-refractivity contribution is 0.100. The van der Waals surface area contributed by atoms with Gasteiger partial charge < -0.3 is 4.74 Å². The van der Waals surface area contributed by atoms with Gasteiger partial charge in [-0.05, 0) is 13.0 Å². The van der Waals surface area contributed by atoms with Gasteiger partial charge in [0.25, 0.3) is 0 Å². The van der Waals surface area contributed by atoms with Gasteiger partial charge in [-0.15, -0.1) is 0 Å². The average Bonchev–Trinajstić information content (AvgIpc) is 2.80. The Balaban J connectivity index is 2.12. The number of nitrogens with zero attached hydrogens (tertiary/aromatic N) is 2. The van der Waals surface area contributed by atoms with Gasteiger partial charge in [0, 0.05) is 24.5 Å². The van der Waals surface area contributed by atoms with Crippen molar-refractivity contribution in [2.24, 2.45) is 0 Å². The van der Waals surface area contributed by atoms with Crippen molar-refractivity contribution >= 4 is 5.78 Å². The van der Waals surface area contributed by atoms with E-state index in [0.29, 0.717) is 12.6 Å². The summed E-state index contributed by atoms with van der Waals surface area (Å²) in [5.74, 6) is -2.29. The van der Waals surface area contributed by atoms with Gasteiger partial charge >= 0.3 is 0 Å². The SMILES string of the molecule is CC(=O)c1c(F)cc(F)cc1OCCn1cccn1. The molecule has 4 nitrogen and oxygen atoms in total. The molecule has 0 bridgehead atoms. The lowest BCUT2D eigenvalue weighted by Gasteiger charge is -2.10. The van der Waals surface area contributed by atoms with E-state index in [1.807, 2.05) is 0 Å². The molecule has 0 atom stereocenters. The number of hydrogen-bond donors (Lipinski definition) is 0. The number of rotatable bonds is 5. The van der Waals surface area contributed by atoms with Crippen LogP contribution in [0.5, 0.6) is 5.75 Å². The van der Waals surface area contributed by atoms with Crippen LogP contribution in [0.3, 0.4) is 0 Å². The van der Waals surface area contributed by atoms with E-state index in [-0.39, 0.29) is 17.9 Å². The van der Waals surface area contributed by atoms with Crippen LogP contribution in [-0.2, 0) is 6.54 Å². The smallest absolute Gasteiger partial charge is 0.166 e. The van der Waals surface area contributed by atoms with E-state index in [4.69, 9.17) is 4.74 Å². The molecule has 1 aromatic heterocycles. The maximum Gasteiger partial charge on any atom is 0.166 e. The fourth-order valence-corrected chi connectivity index (χ4v) is 1.69. The molecule has 6 heteroatoms. The summed E-state index contributed by atoms with van der Waals surface area (Å²) in [6, 6.07) is 3.42. The van der Waals surface area contributed by atoms with E-state index in [2.05, 4.69) is 5.10 Å². The second kappa shape index (κ2) is 5.60. The van der Waals surface area contributed by atoms with Crippen molar-refractivity contribution < 1.29 is 18.3 Å². The van der Waals surface area contributed by atoms with Crippen molar-refractivity contribution in [1.29, 1.82) is 0 Å². The Labute approximate surface area is 108 Å². The third kappa shape index (κ3) is 3.15. The first kappa shape index (κ1) is 13.2. The summed E-state index contributed by atoms with van der Waals surface area (Å²) >= 11 is 0. The number of carbonyl (C=O) groups excluding carboxylic acids is 1. The van der Waals surface area contributed by atoms with E-state index in [0.717, 1.165) is 6.07 Å². The molecule has 100 valence electrons. The van der Waals surface area contributed by atoms with Crippen molar-refractivity contribution in [3.63, 3.8) is 0 Å². The molecule has 0 amide bonds. The number of benzene rings is 1. The topological polar surface area (TPSA) is 44.1 Å². The second-order valence-electron chi connectivity index (χ2n) is 3.93. The number of aromatic nitrogens is 2. The van der Waals surface area contributed by atoms with Crippen LogP contribution in [0.15, 0.2) is 30.6 Å². The van der Waals surface area contributed by atoms with Crippen LogP contribution in [0.25, 0.3) is 0 Å². The van der Waals surface area contributed by atoms with Gasteiger partial charge in [-0.3, -0.25) is 9.48 Å². The normalized spacial score (nSPS) is 10.5. The molecule has 0 spiro atoms.